The number of hydrogen-bond acceptors (Lipinski definition) is 6. The first-order chi connectivity index (χ1) is 13.2. The molecule has 29 heavy (non-hydrogen) atoms. The zero-order chi connectivity index (χ0) is 22.1. The van der Waals surface area contributed by atoms with E-state index in [0.29, 0.717) is 19.8 Å². The van der Waals surface area contributed by atoms with Crippen molar-refractivity contribution in [2.24, 2.45) is 0 Å². The van der Waals surface area contributed by atoms with Gasteiger partial charge in [-0.1, -0.05) is 0 Å². The lowest BCUT2D eigenvalue weighted by atomic mass is 9.91. The molecule has 13 heteroatoms. The fourth-order valence-electron chi connectivity index (χ4n) is 2.95. The van der Waals surface area contributed by atoms with Crippen LogP contribution in [0.2, 0.25) is 0 Å². The van der Waals surface area contributed by atoms with Crippen LogP contribution in [0.15, 0.2) is 0 Å². The van der Waals surface area contributed by atoms with Gasteiger partial charge in [0.15, 0.2) is 6.10 Å². The zero-order valence-corrected chi connectivity index (χ0v) is 15.2. The molecule has 1 aliphatic heterocycles. The molecule has 0 aromatic rings. The molecule has 1 saturated carbocycles. The highest BCUT2D eigenvalue weighted by atomic mass is 19.4. The van der Waals surface area contributed by atoms with Crippen LogP contribution in [-0.4, -0.2) is 61.2 Å². The molecule has 1 heterocycles. The minimum absolute atomic E-state index is 0.159. The molecule has 0 aromatic heterocycles. The van der Waals surface area contributed by atoms with Crippen molar-refractivity contribution < 1.29 is 59.3 Å². The predicted molar refractivity (Wildman–Crippen MR) is 79.1 cm³/mol. The van der Waals surface area contributed by atoms with Gasteiger partial charge in [-0.2, -0.15) is 30.7 Å². The third-order valence-corrected chi connectivity index (χ3v) is 4.43. The van der Waals surface area contributed by atoms with Gasteiger partial charge in [-0.05, 0) is 19.3 Å². The van der Waals surface area contributed by atoms with Gasteiger partial charge in [-0.15, -0.1) is 0 Å². The van der Waals surface area contributed by atoms with Crippen molar-refractivity contribution in [2.75, 3.05) is 13.2 Å². The van der Waals surface area contributed by atoms with E-state index < -0.39 is 61.0 Å². The number of carbonyl (C=O) groups excluding carboxylic acids is 2. The Morgan fingerprint density at radius 3 is 2.34 bits per heavy atom. The van der Waals surface area contributed by atoms with Crippen molar-refractivity contribution in [1.29, 1.82) is 0 Å². The smallest absolute Gasteiger partial charge is 0.453 e. The van der Waals surface area contributed by atoms with Crippen LogP contribution in [0.5, 0.6) is 0 Å². The minimum Gasteiger partial charge on any atom is -0.463 e. The Bertz CT molecular complexity index is 618. The largest absolute Gasteiger partial charge is 0.463 e. The van der Waals surface area contributed by atoms with E-state index in [1.54, 1.807) is 0 Å². The number of esters is 2. The highest BCUT2D eigenvalue weighted by molar-refractivity contribution is 5.77. The Balaban J connectivity index is 1.92. The molecule has 2 fully saturated rings. The van der Waals surface area contributed by atoms with Crippen LogP contribution in [0.1, 0.15) is 39.0 Å². The van der Waals surface area contributed by atoms with Crippen molar-refractivity contribution in [3.05, 3.63) is 0 Å². The molecular weight excluding hydrogens is 421 g/mol. The molecular formula is C16H19F7O6. The Kier molecular flexibility index (Phi) is 6.72. The van der Waals surface area contributed by atoms with E-state index in [9.17, 15) is 40.3 Å². The molecule has 168 valence electrons. The lowest BCUT2D eigenvalue weighted by Crippen LogP contribution is -2.50. The van der Waals surface area contributed by atoms with Crippen LogP contribution >= 0.6 is 0 Å². The molecule has 6 nitrogen and oxygen atoms in total. The zero-order valence-electron chi connectivity index (χ0n) is 15.2. The lowest BCUT2D eigenvalue weighted by Gasteiger charge is -2.39. The van der Waals surface area contributed by atoms with Gasteiger partial charge in [-0.25, -0.2) is 4.79 Å². The van der Waals surface area contributed by atoms with Gasteiger partial charge in [0.05, 0.1) is 6.61 Å². The number of rotatable bonds is 6. The van der Waals surface area contributed by atoms with Crippen molar-refractivity contribution >= 4 is 11.9 Å². The number of halogens is 7. The summed E-state index contributed by atoms with van der Waals surface area (Å²) in [5, 5.41) is 0. The minimum atomic E-state index is -5.90. The molecule has 1 saturated heterocycles. The summed E-state index contributed by atoms with van der Waals surface area (Å²) in [7, 11) is 0. The monoisotopic (exact) mass is 440 g/mol. The van der Waals surface area contributed by atoms with E-state index in [1.165, 1.54) is 0 Å². The first-order valence-corrected chi connectivity index (χ1v) is 8.67. The molecule has 2 aliphatic rings. The number of ether oxygens (including phenoxy) is 4. The van der Waals surface area contributed by atoms with Gasteiger partial charge in [0.25, 0.3) is 0 Å². The summed E-state index contributed by atoms with van der Waals surface area (Å²) >= 11 is 0. The van der Waals surface area contributed by atoms with Gasteiger partial charge >= 0.3 is 30.0 Å². The maximum Gasteiger partial charge on any atom is 0.453 e. The molecule has 0 N–H and O–H groups in total. The highest BCUT2D eigenvalue weighted by Gasteiger charge is 2.59. The highest BCUT2D eigenvalue weighted by Crippen LogP contribution is 2.41. The number of hydrogen-bond donors (Lipinski definition) is 0. The van der Waals surface area contributed by atoms with Crippen LogP contribution in [0.4, 0.5) is 30.7 Å². The van der Waals surface area contributed by atoms with E-state index in [2.05, 4.69) is 4.74 Å². The first-order valence-electron chi connectivity index (χ1n) is 8.67. The normalized spacial score (nSPS) is 28.4. The second-order valence-electron chi connectivity index (χ2n) is 6.95. The van der Waals surface area contributed by atoms with E-state index in [4.69, 9.17) is 14.2 Å². The molecule has 0 aromatic carbocycles. The molecule has 1 spiro atoms. The van der Waals surface area contributed by atoms with Crippen LogP contribution < -0.4 is 0 Å². The lowest BCUT2D eigenvalue weighted by molar-refractivity contribution is -0.284. The maximum absolute atomic E-state index is 13.1. The third kappa shape index (κ3) is 5.71. The summed E-state index contributed by atoms with van der Waals surface area (Å²) < 4.78 is 108. The molecule has 2 rings (SSSR count). The van der Waals surface area contributed by atoms with Gasteiger partial charge in [-0.3, -0.25) is 4.79 Å². The van der Waals surface area contributed by atoms with Crippen molar-refractivity contribution in [3.8, 4) is 0 Å². The first kappa shape index (κ1) is 23.6. The summed E-state index contributed by atoms with van der Waals surface area (Å²) in [6.07, 6.45) is -8.92. The van der Waals surface area contributed by atoms with Crippen molar-refractivity contribution in [1.82, 2.24) is 0 Å². The van der Waals surface area contributed by atoms with Crippen LogP contribution in [-0.2, 0) is 28.5 Å². The molecule has 3 unspecified atom stereocenters. The topological polar surface area (TPSA) is 71.1 Å². The van der Waals surface area contributed by atoms with Gasteiger partial charge in [0, 0.05) is 13.3 Å². The third-order valence-electron chi connectivity index (χ3n) is 4.43. The van der Waals surface area contributed by atoms with Crippen molar-refractivity contribution in [3.63, 3.8) is 0 Å². The standard InChI is InChI=1S/C16H19F7O6/c1-13(17,18)12(25)28-10-4-2-3-5-14(10)27-8-9(29-14)7-26-11(24)6-15(19,20)16(21,22)23/h9-10H,2-8H2,1H3. The Morgan fingerprint density at radius 2 is 1.76 bits per heavy atom. The number of alkyl halides is 7. The fourth-order valence-corrected chi connectivity index (χ4v) is 2.95. The molecule has 0 amide bonds. The second kappa shape index (κ2) is 8.25. The molecule has 0 radical (unpaired) electrons. The van der Waals surface area contributed by atoms with E-state index >= 15 is 0 Å². The summed E-state index contributed by atoms with van der Waals surface area (Å²) in [6, 6.07) is 0. The fraction of sp³-hybridized carbons (Fsp3) is 0.875. The molecule has 0 bridgehead atoms. The van der Waals surface area contributed by atoms with Crippen LogP contribution in [0.3, 0.4) is 0 Å². The number of carbonyl (C=O) groups is 2. The van der Waals surface area contributed by atoms with Gasteiger partial charge in [0.1, 0.15) is 19.1 Å². The van der Waals surface area contributed by atoms with Gasteiger partial charge < -0.3 is 18.9 Å². The average molecular weight is 440 g/mol. The van der Waals surface area contributed by atoms with E-state index in [0.717, 1.165) is 0 Å². The average Bonchev–Trinajstić information content (AvgIpc) is 2.96. The van der Waals surface area contributed by atoms with Crippen LogP contribution in [0.25, 0.3) is 0 Å². The summed E-state index contributed by atoms with van der Waals surface area (Å²) in [5.74, 6) is -14.1. The van der Waals surface area contributed by atoms with E-state index in [1.807, 2.05) is 0 Å². The summed E-state index contributed by atoms with van der Waals surface area (Å²) in [5.41, 5.74) is 0. The Hall–Kier alpha value is -1.63. The summed E-state index contributed by atoms with van der Waals surface area (Å²) in [4.78, 5) is 22.8. The SMILES string of the molecule is CC(F)(F)C(=O)OC1CCCCC12OCC(COC(=O)CC(F)(F)C(F)(F)F)O2. The second-order valence-corrected chi connectivity index (χ2v) is 6.95. The van der Waals surface area contributed by atoms with Crippen LogP contribution in [0, 0.1) is 0 Å². The Labute approximate surface area is 160 Å². The van der Waals surface area contributed by atoms with Gasteiger partial charge in [0.2, 0.25) is 5.79 Å². The summed E-state index contributed by atoms with van der Waals surface area (Å²) in [6.45, 7) is -0.598. The quantitative estimate of drug-likeness (QED) is 0.466. The molecule has 3 atom stereocenters. The predicted octanol–water partition coefficient (Wildman–Crippen LogP) is 3.37. The Morgan fingerprint density at radius 1 is 1.10 bits per heavy atom. The maximum atomic E-state index is 13.1. The van der Waals surface area contributed by atoms with Crippen molar-refractivity contribution in [2.45, 2.75) is 75.0 Å². The van der Waals surface area contributed by atoms with E-state index in [-0.39, 0.29) is 19.4 Å². The molecule has 1 aliphatic carbocycles.